The molecule has 0 radical (unpaired) electrons. The van der Waals surface area contributed by atoms with Crippen molar-refractivity contribution in [1.29, 1.82) is 0 Å². The first-order valence-electron chi connectivity index (χ1n) is 4.93. The van der Waals surface area contributed by atoms with E-state index in [1.165, 1.54) is 0 Å². The number of aryl methyl sites for hydroxylation is 1. The molecule has 0 aliphatic carbocycles. The van der Waals surface area contributed by atoms with Crippen LogP contribution in [-0.2, 0) is 10.0 Å². The van der Waals surface area contributed by atoms with E-state index in [1.807, 2.05) is 12.1 Å². The third-order valence-electron chi connectivity index (χ3n) is 2.20. The van der Waals surface area contributed by atoms with Gasteiger partial charge < -0.3 is 0 Å². The largest absolute Gasteiger partial charge is 0.279 e. The van der Waals surface area contributed by atoms with Gasteiger partial charge in [0.15, 0.2) is 0 Å². The molecule has 1 aromatic heterocycles. The molecule has 0 unspecified atom stereocenters. The van der Waals surface area contributed by atoms with Crippen molar-refractivity contribution in [3.63, 3.8) is 0 Å². The Morgan fingerprint density at radius 1 is 1.28 bits per heavy atom. The molecular weight excluding hydrogens is 405 g/mol. The van der Waals surface area contributed by atoms with E-state index in [4.69, 9.17) is 11.6 Å². The van der Waals surface area contributed by atoms with Crippen LogP contribution in [0.4, 0.5) is 5.69 Å². The molecule has 0 saturated heterocycles. The fraction of sp³-hybridized carbons (Fsp3) is 0.0909. The highest BCUT2D eigenvalue weighted by Crippen LogP contribution is 2.31. The van der Waals surface area contributed by atoms with E-state index >= 15 is 0 Å². The summed E-state index contributed by atoms with van der Waals surface area (Å²) < 4.78 is 28.5. The molecule has 0 atom stereocenters. The van der Waals surface area contributed by atoms with Gasteiger partial charge in [-0.3, -0.25) is 4.72 Å². The van der Waals surface area contributed by atoms with Gasteiger partial charge in [0.25, 0.3) is 10.0 Å². The summed E-state index contributed by atoms with van der Waals surface area (Å²) in [4.78, 5) is 0. The minimum Gasteiger partial charge on any atom is -0.279 e. The highest BCUT2D eigenvalue weighted by Gasteiger charge is 2.18. The van der Waals surface area contributed by atoms with Crippen molar-refractivity contribution in [2.45, 2.75) is 11.1 Å². The van der Waals surface area contributed by atoms with E-state index in [0.29, 0.717) is 10.0 Å². The molecule has 2 rings (SSSR count). The normalized spacial score (nSPS) is 11.5. The second-order valence-corrected chi connectivity index (χ2v) is 8.44. The first-order valence-corrected chi connectivity index (χ1v) is 8.68. The molecule has 0 bridgehead atoms. The molecule has 3 nitrogen and oxygen atoms in total. The molecule has 2 aromatic rings. The summed E-state index contributed by atoms with van der Waals surface area (Å²) in [7, 11) is -3.55. The lowest BCUT2D eigenvalue weighted by molar-refractivity contribution is 0.603. The molecule has 96 valence electrons. The van der Waals surface area contributed by atoms with Gasteiger partial charge in [0.2, 0.25) is 0 Å². The third kappa shape index (κ3) is 3.17. The molecule has 1 heterocycles. The number of hydrogen-bond acceptors (Lipinski definition) is 3. The Balaban J connectivity index is 2.29. The topological polar surface area (TPSA) is 46.2 Å². The third-order valence-corrected chi connectivity index (χ3v) is 6.33. The zero-order valence-electron chi connectivity index (χ0n) is 9.28. The molecule has 7 heteroatoms. The number of nitrogens with one attached hydrogen (secondary N) is 1. The van der Waals surface area contributed by atoms with Crippen LogP contribution in [0.15, 0.2) is 34.5 Å². The van der Waals surface area contributed by atoms with Crippen molar-refractivity contribution in [1.82, 2.24) is 0 Å². The summed E-state index contributed by atoms with van der Waals surface area (Å²) in [6.45, 7) is 1.78. The lowest BCUT2D eigenvalue weighted by atomic mass is 10.3. The summed E-state index contributed by atoms with van der Waals surface area (Å²) in [5.41, 5.74) is 1.31. The molecule has 0 amide bonds. The Morgan fingerprint density at radius 3 is 2.39 bits per heavy atom. The molecule has 0 aliphatic rings. The van der Waals surface area contributed by atoms with Crippen molar-refractivity contribution < 1.29 is 8.42 Å². The highest BCUT2D eigenvalue weighted by molar-refractivity contribution is 14.1. The van der Waals surface area contributed by atoms with Gasteiger partial charge in [0, 0.05) is 9.26 Å². The van der Waals surface area contributed by atoms with E-state index in [0.717, 1.165) is 20.5 Å². The molecule has 0 spiro atoms. The van der Waals surface area contributed by atoms with Crippen LogP contribution in [0.2, 0.25) is 4.34 Å². The Kier molecular flexibility index (Phi) is 4.20. The average Bonchev–Trinajstić information content (AvgIpc) is 2.63. The Morgan fingerprint density at radius 2 is 1.89 bits per heavy atom. The van der Waals surface area contributed by atoms with E-state index in [1.54, 1.807) is 25.1 Å². The standard InChI is InChI=1S/C11H9ClINO2S2/c1-7-6-10(17-11(7)12)18(15,16)14-9-4-2-8(13)3-5-9/h2-6,14H,1H3. The molecule has 0 saturated carbocycles. The number of hydrogen-bond donors (Lipinski definition) is 1. The van der Waals surface area contributed by atoms with Gasteiger partial charge in [-0.15, -0.1) is 11.3 Å². The fourth-order valence-corrected chi connectivity index (χ4v) is 4.41. The van der Waals surface area contributed by atoms with Crippen LogP contribution in [-0.4, -0.2) is 8.42 Å². The number of halogens is 2. The number of rotatable bonds is 3. The van der Waals surface area contributed by atoms with Crippen LogP contribution in [0.3, 0.4) is 0 Å². The van der Waals surface area contributed by atoms with E-state index < -0.39 is 10.0 Å². The summed E-state index contributed by atoms with van der Waals surface area (Å²) in [5.74, 6) is 0. The molecular formula is C11H9ClINO2S2. The Bertz CT molecular complexity index is 645. The Labute approximate surface area is 128 Å². The van der Waals surface area contributed by atoms with Crippen LogP contribution >= 0.6 is 45.5 Å². The van der Waals surface area contributed by atoms with Crippen LogP contribution in [0.1, 0.15) is 5.56 Å². The summed E-state index contributed by atoms with van der Waals surface area (Å²) >= 11 is 9.10. The van der Waals surface area contributed by atoms with Crippen molar-refractivity contribution in [2.24, 2.45) is 0 Å². The average molecular weight is 414 g/mol. The zero-order valence-corrected chi connectivity index (χ0v) is 13.8. The lowest BCUT2D eigenvalue weighted by Gasteiger charge is -2.05. The monoisotopic (exact) mass is 413 g/mol. The maximum atomic E-state index is 12.1. The number of sulfonamides is 1. The highest BCUT2D eigenvalue weighted by atomic mass is 127. The van der Waals surface area contributed by atoms with E-state index in [2.05, 4.69) is 27.3 Å². The van der Waals surface area contributed by atoms with Gasteiger partial charge in [0.1, 0.15) is 4.21 Å². The smallest absolute Gasteiger partial charge is 0.271 e. The molecule has 1 N–H and O–H groups in total. The van der Waals surface area contributed by atoms with Crippen LogP contribution in [0, 0.1) is 10.5 Å². The number of thiophene rings is 1. The van der Waals surface area contributed by atoms with Crippen LogP contribution < -0.4 is 4.72 Å². The number of anilines is 1. The SMILES string of the molecule is Cc1cc(S(=O)(=O)Nc2ccc(I)cc2)sc1Cl. The van der Waals surface area contributed by atoms with E-state index in [-0.39, 0.29) is 4.21 Å². The quantitative estimate of drug-likeness (QED) is 0.770. The predicted octanol–water partition coefficient (Wildman–Crippen LogP) is 4.12. The van der Waals surface area contributed by atoms with Gasteiger partial charge in [-0.25, -0.2) is 8.42 Å². The van der Waals surface area contributed by atoms with E-state index in [9.17, 15) is 8.42 Å². The van der Waals surface area contributed by atoms with Crippen molar-refractivity contribution in [3.05, 3.63) is 43.8 Å². The molecule has 0 aliphatic heterocycles. The van der Waals surface area contributed by atoms with Crippen molar-refractivity contribution in [3.8, 4) is 0 Å². The first-order chi connectivity index (χ1) is 8.38. The second kappa shape index (κ2) is 5.36. The fourth-order valence-electron chi connectivity index (χ4n) is 1.29. The molecule has 18 heavy (non-hydrogen) atoms. The lowest BCUT2D eigenvalue weighted by Crippen LogP contribution is -2.11. The summed E-state index contributed by atoms with van der Waals surface area (Å²) in [6, 6.07) is 8.70. The number of benzene rings is 1. The summed E-state index contributed by atoms with van der Waals surface area (Å²) in [5, 5.41) is 0. The van der Waals surface area contributed by atoms with Gasteiger partial charge >= 0.3 is 0 Å². The maximum Gasteiger partial charge on any atom is 0.271 e. The Hall–Kier alpha value is -0.310. The van der Waals surface area contributed by atoms with Crippen LogP contribution in [0.5, 0.6) is 0 Å². The van der Waals surface area contributed by atoms with Gasteiger partial charge in [-0.05, 0) is 65.4 Å². The zero-order chi connectivity index (χ0) is 13.3. The van der Waals surface area contributed by atoms with Crippen molar-refractivity contribution >= 4 is 61.2 Å². The predicted molar refractivity (Wildman–Crippen MR) is 84.0 cm³/mol. The minimum atomic E-state index is -3.55. The maximum absolute atomic E-state index is 12.1. The van der Waals surface area contributed by atoms with Gasteiger partial charge in [-0.2, -0.15) is 0 Å². The second-order valence-electron chi connectivity index (χ2n) is 3.63. The van der Waals surface area contributed by atoms with Crippen LogP contribution in [0.25, 0.3) is 0 Å². The van der Waals surface area contributed by atoms with Crippen molar-refractivity contribution in [2.75, 3.05) is 4.72 Å². The van der Waals surface area contributed by atoms with Gasteiger partial charge in [0.05, 0.1) is 4.34 Å². The first kappa shape index (κ1) is 14.1. The molecule has 1 aromatic carbocycles. The molecule has 0 fully saturated rings. The van der Waals surface area contributed by atoms with Gasteiger partial charge in [-0.1, -0.05) is 11.6 Å². The minimum absolute atomic E-state index is 0.226. The summed E-state index contributed by atoms with van der Waals surface area (Å²) in [6.07, 6.45) is 0.